The Kier molecular flexibility index (Phi) is 6.74. The number of nitrogens with zero attached hydrogens (tertiary/aromatic N) is 2. The second-order valence-corrected chi connectivity index (χ2v) is 8.19. The zero-order valence-electron chi connectivity index (χ0n) is 16.9. The molecule has 2 aromatic heterocycles. The maximum Gasteiger partial charge on any atom is 0.225 e. The van der Waals surface area contributed by atoms with Gasteiger partial charge in [0, 0.05) is 47.5 Å². The molecule has 7 heteroatoms. The lowest BCUT2D eigenvalue weighted by Gasteiger charge is -2.09. The van der Waals surface area contributed by atoms with E-state index >= 15 is 0 Å². The molecule has 2 heterocycles. The molecule has 0 aliphatic heterocycles. The standard InChI is InChI=1S/C24H22N4O2S/c29-21(27-19-9-1-5-17-7-3-13-25-23(17)19)11-15-31-16-12-22(30)28-20-10-2-6-18-8-4-14-26-24(18)20/h1-10,13-14H,11-12,15-16H2,(H,27,29)(H,28,30). The number of amides is 2. The first kappa shape index (κ1) is 20.8. The van der Waals surface area contributed by atoms with Gasteiger partial charge in [-0.1, -0.05) is 36.4 Å². The molecule has 0 atom stereocenters. The summed E-state index contributed by atoms with van der Waals surface area (Å²) in [4.78, 5) is 33.3. The fraction of sp³-hybridized carbons (Fsp3) is 0.167. The third-order valence-corrected chi connectivity index (χ3v) is 5.75. The molecule has 4 aromatic rings. The zero-order chi connectivity index (χ0) is 21.5. The van der Waals surface area contributed by atoms with Crippen molar-refractivity contribution in [3.63, 3.8) is 0 Å². The van der Waals surface area contributed by atoms with Crippen LogP contribution >= 0.6 is 11.8 Å². The molecule has 0 unspecified atom stereocenters. The lowest BCUT2D eigenvalue weighted by Crippen LogP contribution is -2.14. The van der Waals surface area contributed by atoms with E-state index in [4.69, 9.17) is 0 Å². The average molecular weight is 431 g/mol. The number of rotatable bonds is 8. The molecule has 0 fully saturated rings. The number of hydrogen-bond acceptors (Lipinski definition) is 5. The topological polar surface area (TPSA) is 84.0 Å². The first-order valence-electron chi connectivity index (χ1n) is 10.1. The van der Waals surface area contributed by atoms with Gasteiger partial charge in [-0.3, -0.25) is 19.6 Å². The highest BCUT2D eigenvalue weighted by atomic mass is 32.2. The van der Waals surface area contributed by atoms with Crippen LogP contribution in [0.15, 0.2) is 73.1 Å². The Hall–Kier alpha value is -3.45. The monoisotopic (exact) mass is 430 g/mol. The van der Waals surface area contributed by atoms with E-state index in [1.807, 2.05) is 60.7 Å². The largest absolute Gasteiger partial charge is 0.324 e. The number of benzene rings is 2. The van der Waals surface area contributed by atoms with Crippen LogP contribution in [0.1, 0.15) is 12.8 Å². The van der Waals surface area contributed by atoms with Crippen molar-refractivity contribution in [1.82, 2.24) is 9.97 Å². The van der Waals surface area contributed by atoms with E-state index in [0.29, 0.717) is 24.3 Å². The van der Waals surface area contributed by atoms with Crippen LogP contribution in [0.4, 0.5) is 11.4 Å². The summed E-state index contributed by atoms with van der Waals surface area (Å²) >= 11 is 1.59. The predicted octanol–water partition coefficient (Wildman–Crippen LogP) is 4.87. The molecule has 4 rings (SSSR count). The summed E-state index contributed by atoms with van der Waals surface area (Å²) < 4.78 is 0. The summed E-state index contributed by atoms with van der Waals surface area (Å²) in [5.74, 6) is 1.18. The molecule has 2 N–H and O–H groups in total. The van der Waals surface area contributed by atoms with Gasteiger partial charge >= 0.3 is 0 Å². The van der Waals surface area contributed by atoms with Crippen LogP contribution in [0.3, 0.4) is 0 Å². The average Bonchev–Trinajstić information content (AvgIpc) is 2.79. The summed E-state index contributed by atoms with van der Waals surface area (Å²) in [5, 5.41) is 7.84. The molecular formula is C24H22N4O2S. The van der Waals surface area contributed by atoms with Gasteiger partial charge in [0.25, 0.3) is 0 Å². The third-order valence-electron chi connectivity index (χ3n) is 4.76. The number of nitrogens with one attached hydrogen (secondary N) is 2. The van der Waals surface area contributed by atoms with Gasteiger partial charge in [0.05, 0.1) is 22.4 Å². The SMILES string of the molecule is O=C(CCSCCC(=O)Nc1cccc2cccnc12)Nc1cccc2cccnc12. The maximum atomic E-state index is 12.3. The van der Waals surface area contributed by atoms with Crippen molar-refractivity contribution in [2.75, 3.05) is 22.1 Å². The van der Waals surface area contributed by atoms with Crippen molar-refractivity contribution in [2.45, 2.75) is 12.8 Å². The number of para-hydroxylation sites is 2. The van der Waals surface area contributed by atoms with Gasteiger partial charge in [-0.25, -0.2) is 0 Å². The van der Waals surface area contributed by atoms with Crippen molar-refractivity contribution < 1.29 is 9.59 Å². The molecular weight excluding hydrogens is 408 g/mol. The van der Waals surface area contributed by atoms with E-state index in [2.05, 4.69) is 20.6 Å². The van der Waals surface area contributed by atoms with Gasteiger partial charge < -0.3 is 10.6 Å². The fourth-order valence-corrected chi connectivity index (χ4v) is 4.13. The summed E-state index contributed by atoms with van der Waals surface area (Å²) in [6, 6.07) is 19.1. The van der Waals surface area contributed by atoms with Crippen molar-refractivity contribution in [2.24, 2.45) is 0 Å². The second kappa shape index (κ2) is 10.0. The fourth-order valence-electron chi connectivity index (χ4n) is 3.27. The minimum Gasteiger partial charge on any atom is -0.324 e. The van der Waals surface area contributed by atoms with Gasteiger partial charge in [-0.15, -0.1) is 0 Å². The van der Waals surface area contributed by atoms with Gasteiger partial charge in [-0.2, -0.15) is 11.8 Å². The number of aromatic nitrogens is 2. The molecule has 156 valence electrons. The molecule has 0 spiro atoms. The molecule has 6 nitrogen and oxygen atoms in total. The Morgan fingerprint density at radius 2 is 1.13 bits per heavy atom. The minimum atomic E-state index is -0.0584. The number of thioether (sulfide) groups is 1. The molecule has 0 aliphatic rings. The van der Waals surface area contributed by atoms with Crippen molar-refractivity contribution in [1.29, 1.82) is 0 Å². The molecule has 0 radical (unpaired) electrons. The van der Waals surface area contributed by atoms with Gasteiger partial charge in [0.2, 0.25) is 11.8 Å². The Morgan fingerprint density at radius 1 is 0.677 bits per heavy atom. The van der Waals surface area contributed by atoms with Crippen LogP contribution in [0.5, 0.6) is 0 Å². The van der Waals surface area contributed by atoms with Crippen molar-refractivity contribution in [3.05, 3.63) is 73.1 Å². The van der Waals surface area contributed by atoms with Crippen LogP contribution in [0.2, 0.25) is 0 Å². The first-order chi connectivity index (χ1) is 15.2. The highest BCUT2D eigenvalue weighted by molar-refractivity contribution is 7.99. The van der Waals surface area contributed by atoms with E-state index in [0.717, 1.165) is 33.2 Å². The second-order valence-electron chi connectivity index (χ2n) is 6.97. The molecule has 31 heavy (non-hydrogen) atoms. The lowest BCUT2D eigenvalue weighted by atomic mass is 10.2. The van der Waals surface area contributed by atoms with E-state index < -0.39 is 0 Å². The highest BCUT2D eigenvalue weighted by Gasteiger charge is 2.09. The summed E-state index contributed by atoms with van der Waals surface area (Å²) in [6.07, 6.45) is 4.19. The number of carbonyl (C=O) groups is 2. The number of anilines is 2. The van der Waals surface area contributed by atoms with E-state index in [-0.39, 0.29) is 11.8 Å². The van der Waals surface area contributed by atoms with Gasteiger partial charge in [0.1, 0.15) is 0 Å². The normalized spacial score (nSPS) is 10.8. The minimum absolute atomic E-state index is 0.0584. The van der Waals surface area contributed by atoms with Crippen LogP contribution in [0, 0.1) is 0 Å². The van der Waals surface area contributed by atoms with Crippen molar-refractivity contribution >= 4 is 56.8 Å². The Bertz CT molecular complexity index is 1120. The van der Waals surface area contributed by atoms with E-state index in [1.54, 1.807) is 24.2 Å². The van der Waals surface area contributed by atoms with Gasteiger partial charge in [-0.05, 0) is 24.3 Å². The molecule has 0 aliphatic carbocycles. The number of hydrogen-bond donors (Lipinski definition) is 2. The Labute approximate surface area is 184 Å². The first-order valence-corrected chi connectivity index (χ1v) is 11.2. The predicted molar refractivity (Wildman–Crippen MR) is 127 cm³/mol. The Morgan fingerprint density at radius 3 is 1.61 bits per heavy atom. The molecule has 0 saturated carbocycles. The van der Waals surface area contributed by atoms with Crippen LogP contribution in [-0.2, 0) is 9.59 Å². The van der Waals surface area contributed by atoms with Crippen LogP contribution in [0.25, 0.3) is 21.8 Å². The summed E-state index contributed by atoms with van der Waals surface area (Å²) in [5.41, 5.74) is 3.00. The van der Waals surface area contributed by atoms with Gasteiger partial charge in [0.15, 0.2) is 0 Å². The van der Waals surface area contributed by atoms with E-state index in [9.17, 15) is 9.59 Å². The molecule has 0 saturated heterocycles. The van der Waals surface area contributed by atoms with E-state index in [1.165, 1.54) is 0 Å². The molecule has 2 amide bonds. The lowest BCUT2D eigenvalue weighted by molar-refractivity contribution is -0.116. The Balaban J connectivity index is 1.20. The maximum absolute atomic E-state index is 12.3. The number of pyridine rings is 2. The number of carbonyl (C=O) groups excluding carboxylic acids is 2. The molecule has 0 bridgehead atoms. The summed E-state index contributed by atoms with van der Waals surface area (Å²) in [6.45, 7) is 0. The summed E-state index contributed by atoms with van der Waals surface area (Å²) in [7, 11) is 0. The van der Waals surface area contributed by atoms with Crippen LogP contribution < -0.4 is 10.6 Å². The highest BCUT2D eigenvalue weighted by Crippen LogP contribution is 2.22. The third kappa shape index (κ3) is 5.38. The number of fused-ring (bicyclic) bond motifs is 2. The quantitative estimate of drug-likeness (QED) is 0.390. The zero-order valence-corrected chi connectivity index (χ0v) is 17.7. The smallest absolute Gasteiger partial charge is 0.225 e. The van der Waals surface area contributed by atoms with Crippen molar-refractivity contribution in [3.8, 4) is 0 Å². The van der Waals surface area contributed by atoms with Crippen LogP contribution in [-0.4, -0.2) is 33.3 Å². The molecule has 2 aromatic carbocycles.